The summed E-state index contributed by atoms with van der Waals surface area (Å²) in [4.78, 5) is 0. The third-order valence-electron chi connectivity index (χ3n) is 2.95. The summed E-state index contributed by atoms with van der Waals surface area (Å²) in [6.07, 6.45) is 0. The molecule has 6 nitrogen and oxygen atoms in total. The van der Waals surface area contributed by atoms with E-state index in [9.17, 15) is 8.42 Å². The summed E-state index contributed by atoms with van der Waals surface area (Å²) in [5.74, 6) is 0.711. The molecule has 0 fully saturated rings. The van der Waals surface area contributed by atoms with Gasteiger partial charge in [0.15, 0.2) is 11.6 Å². The summed E-state index contributed by atoms with van der Waals surface area (Å²) in [6, 6.07) is 14.3. The van der Waals surface area contributed by atoms with E-state index in [0.717, 1.165) is 22.6 Å². The van der Waals surface area contributed by atoms with Gasteiger partial charge in [0.1, 0.15) is 4.21 Å². The first-order valence-electron chi connectivity index (χ1n) is 6.77. The van der Waals surface area contributed by atoms with Crippen LogP contribution >= 0.6 is 11.3 Å². The number of nitrogens with zero attached hydrogens (tertiary/aromatic N) is 2. The van der Waals surface area contributed by atoms with E-state index in [4.69, 9.17) is 0 Å². The highest BCUT2D eigenvalue weighted by Crippen LogP contribution is 2.20. The van der Waals surface area contributed by atoms with Crippen LogP contribution in [0.4, 0.5) is 17.3 Å². The molecule has 8 heteroatoms. The molecule has 2 heterocycles. The Morgan fingerprint density at radius 2 is 1.78 bits per heavy atom. The fourth-order valence-corrected chi connectivity index (χ4v) is 3.92. The van der Waals surface area contributed by atoms with Gasteiger partial charge in [0.05, 0.1) is 0 Å². The van der Waals surface area contributed by atoms with E-state index < -0.39 is 10.0 Å². The van der Waals surface area contributed by atoms with E-state index in [1.165, 1.54) is 6.07 Å². The van der Waals surface area contributed by atoms with Crippen molar-refractivity contribution in [3.8, 4) is 0 Å². The number of hydrogen-bond donors (Lipinski definition) is 2. The highest BCUT2D eigenvalue weighted by Gasteiger charge is 2.15. The van der Waals surface area contributed by atoms with E-state index >= 15 is 0 Å². The van der Waals surface area contributed by atoms with E-state index in [2.05, 4.69) is 20.2 Å². The number of nitrogens with one attached hydrogen (secondary N) is 2. The fraction of sp³-hybridized carbons (Fsp3) is 0.0667. The van der Waals surface area contributed by atoms with Gasteiger partial charge < -0.3 is 5.32 Å². The van der Waals surface area contributed by atoms with E-state index in [0.29, 0.717) is 5.82 Å². The summed E-state index contributed by atoms with van der Waals surface area (Å²) in [7, 11) is -3.60. The summed E-state index contributed by atoms with van der Waals surface area (Å²) in [5, 5.41) is 12.7. The average molecular weight is 346 g/mol. The lowest BCUT2D eigenvalue weighted by molar-refractivity contribution is 0.603. The van der Waals surface area contributed by atoms with E-state index in [1.54, 1.807) is 23.6 Å². The molecule has 0 spiro atoms. The monoisotopic (exact) mass is 346 g/mol. The Morgan fingerprint density at radius 1 is 1.00 bits per heavy atom. The molecule has 1 aromatic carbocycles. The molecule has 3 rings (SSSR count). The molecule has 0 radical (unpaired) electrons. The zero-order valence-corrected chi connectivity index (χ0v) is 13.9. The minimum absolute atomic E-state index is 0.174. The number of aryl methyl sites for hydroxylation is 1. The van der Waals surface area contributed by atoms with Crippen LogP contribution in [0.2, 0.25) is 0 Å². The second kappa shape index (κ2) is 6.35. The Hall–Kier alpha value is -2.45. The average Bonchev–Trinajstić information content (AvgIpc) is 3.04. The van der Waals surface area contributed by atoms with Gasteiger partial charge in [-0.2, -0.15) is 0 Å². The zero-order chi connectivity index (χ0) is 16.3. The number of thiophene rings is 1. The van der Waals surface area contributed by atoms with Crippen molar-refractivity contribution in [2.45, 2.75) is 11.1 Å². The van der Waals surface area contributed by atoms with Crippen molar-refractivity contribution in [2.75, 3.05) is 10.0 Å². The van der Waals surface area contributed by atoms with Gasteiger partial charge >= 0.3 is 0 Å². The molecule has 0 aliphatic rings. The first kappa shape index (κ1) is 15.4. The lowest BCUT2D eigenvalue weighted by atomic mass is 10.2. The molecular weight excluding hydrogens is 332 g/mol. The van der Waals surface area contributed by atoms with Crippen molar-refractivity contribution in [1.29, 1.82) is 0 Å². The molecule has 2 N–H and O–H groups in total. The second-order valence-corrected chi connectivity index (χ2v) is 7.69. The Kier molecular flexibility index (Phi) is 4.26. The highest BCUT2D eigenvalue weighted by molar-refractivity contribution is 7.94. The molecule has 0 amide bonds. The maximum absolute atomic E-state index is 12.1. The van der Waals surface area contributed by atoms with E-state index in [-0.39, 0.29) is 10.0 Å². The van der Waals surface area contributed by atoms with Crippen LogP contribution in [0.1, 0.15) is 5.56 Å². The predicted octanol–water partition coefficient (Wildman–Crippen LogP) is 3.39. The maximum atomic E-state index is 12.1. The van der Waals surface area contributed by atoms with Gasteiger partial charge in [-0.15, -0.1) is 21.5 Å². The van der Waals surface area contributed by atoms with Crippen LogP contribution in [0, 0.1) is 6.92 Å². The lowest BCUT2D eigenvalue weighted by Gasteiger charge is -2.07. The van der Waals surface area contributed by atoms with Gasteiger partial charge in [0.25, 0.3) is 10.0 Å². The molecule has 0 saturated carbocycles. The van der Waals surface area contributed by atoms with Crippen LogP contribution in [0.5, 0.6) is 0 Å². The summed E-state index contributed by atoms with van der Waals surface area (Å²) in [6.45, 7) is 2.00. The zero-order valence-electron chi connectivity index (χ0n) is 12.2. The third-order valence-corrected chi connectivity index (χ3v) is 5.71. The molecular formula is C15H14N4O2S2. The minimum Gasteiger partial charge on any atom is -0.339 e. The maximum Gasteiger partial charge on any atom is 0.272 e. The van der Waals surface area contributed by atoms with Gasteiger partial charge in [0, 0.05) is 5.69 Å². The number of hydrogen-bond acceptors (Lipinski definition) is 6. The second-order valence-electron chi connectivity index (χ2n) is 4.84. The number of aromatic nitrogens is 2. The Bertz CT molecular complexity index is 891. The summed E-state index contributed by atoms with van der Waals surface area (Å²) >= 11 is 1.14. The van der Waals surface area contributed by atoms with Crippen molar-refractivity contribution < 1.29 is 8.42 Å². The summed E-state index contributed by atoms with van der Waals surface area (Å²) in [5.41, 5.74) is 2.02. The topological polar surface area (TPSA) is 84.0 Å². The van der Waals surface area contributed by atoms with Gasteiger partial charge in [0.2, 0.25) is 0 Å². The van der Waals surface area contributed by atoms with Crippen LogP contribution in [0.25, 0.3) is 0 Å². The van der Waals surface area contributed by atoms with Crippen LogP contribution in [-0.4, -0.2) is 18.6 Å². The number of sulfonamides is 1. The molecule has 2 aromatic heterocycles. The smallest absolute Gasteiger partial charge is 0.272 e. The molecule has 0 saturated heterocycles. The number of rotatable bonds is 5. The lowest BCUT2D eigenvalue weighted by Crippen LogP contribution is -2.13. The third kappa shape index (κ3) is 3.85. The Labute approximate surface area is 138 Å². The Balaban J connectivity index is 1.72. The molecule has 118 valence electrons. The number of anilines is 3. The van der Waals surface area contributed by atoms with Gasteiger partial charge in [-0.1, -0.05) is 18.2 Å². The van der Waals surface area contributed by atoms with Gasteiger partial charge in [-0.25, -0.2) is 8.42 Å². The molecule has 3 aromatic rings. The first-order chi connectivity index (χ1) is 11.0. The standard InChI is InChI=1S/C15H14N4O2S2/c1-11-4-2-5-12(10-11)16-13-7-8-14(18-17-13)19-23(20,21)15-6-3-9-22-15/h2-10H,1H3,(H,16,17)(H,18,19). The van der Waals surface area contributed by atoms with Crippen LogP contribution in [0.3, 0.4) is 0 Å². The molecule has 0 bridgehead atoms. The van der Waals surface area contributed by atoms with Crippen molar-refractivity contribution in [3.05, 3.63) is 59.5 Å². The van der Waals surface area contributed by atoms with Gasteiger partial charge in [-0.05, 0) is 48.2 Å². The van der Waals surface area contributed by atoms with Crippen molar-refractivity contribution in [3.63, 3.8) is 0 Å². The summed E-state index contributed by atoms with van der Waals surface area (Å²) < 4.78 is 26.8. The molecule has 23 heavy (non-hydrogen) atoms. The first-order valence-corrected chi connectivity index (χ1v) is 9.13. The SMILES string of the molecule is Cc1cccc(Nc2ccc(NS(=O)(=O)c3cccs3)nn2)c1. The largest absolute Gasteiger partial charge is 0.339 e. The quantitative estimate of drug-likeness (QED) is 0.740. The highest BCUT2D eigenvalue weighted by atomic mass is 32.2. The van der Waals surface area contributed by atoms with Gasteiger partial charge in [-0.3, -0.25) is 4.72 Å². The van der Waals surface area contributed by atoms with Crippen molar-refractivity contribution >= 4 is 38.7 Å². The molecule has 0 unspecified atom stereocenters. The van der Waals surface area contributed by atoms with Crippen molar-refractivity contribution in [1.82, 2.24) is 10.2 Å². The van der Waals surface area contributed by atoms with E-state index in [1.807, 2.05) is 31.2 Å². The Morgan fingerprint density at radius 3 is 2.43 bits per heavy atom. The van der Waals surface area contributed by atoms with Crippen molar-refractivity contribution in [2.24, 2.45) is 0 Å². The predicted molar refractivity (Wildman–Crippen MR) is 91.6 cm³/mol. The number of benzene rings is 1. The normalized spacial score (nSPS) is 11.2. The van der Waals surface area contributed by atoms with Crippen LogP contribution in [0.15, 0.2) is 58.1 Å². The molecule has 0 aliphatic heterocycles. The molecule has 0 atom stereocenters. The molecule has 0 aliphatic carbocycles. The van der Waals surface area contributed by atoms with Crippen LogP contribution in [-0.2, 0) is 10.0 Å². The minimum atomic E-state index is -3.60. The van der Waals surface area contributed by atoms with Crippen LogP contribution < -0.4 is 10.0 Å². The fourth-order valence-electron chi connectivity index (χ4n) is 1.93.